The smallest absolute Gasteiger partial charge is 0.392 e. The van der Waals surface area contributed by atoms with Crippen molar-refractivity contribution in [3.05, 3.63) is 53.2 Å². The number of aryl methyl sites for hydroxylation is 1. The topological polar surface area (TPSA) is 196 Å². The number of benzene rings is 1. The fraction of sp³-hybridized carbons (Fsp3) is 0.433. The first-order valence-corrected chi connectivity index (χ1v) is 16.3. The van der Waals surface area contributed by atoms with Gasteiger partial charge in [-0.15, -0.1) is 11.8 Å². The van der Waals surface area contributed by atoms with Crippen LogP contribution in [0.1, 0.15) is 67.8 Å². The summed E-state index contributed by atoms with van der Waals surface area (Å²) in [6.45, 7) is 6.04. The lowest BCUT2D eigenvalue weighted by atomic mass is 9.88. The van der Waals surface area contributed by atoms with Crippen LogP contribution in [-0.4, -0.2) is 66.9 Å². The second-order valence-corrected chi connectivity index (χ2v) is 13.8. The number of guanidine groups is 1. The van der Waals surface area contributed by atoms with E-state index in [2.05, 4.69) is 15.1 Å². The Morgan fingerprint density at radius 3 is 2.47 bits per heavy atom. The van der Waals surface area contributed by atoms with Gasteiger partial charge in [0.05, 0.1) is 21.5 Å². The quantitative estimate of drug-likeness (QED) is 0.0533. The zero-order valence-corrected chi connectivity index (χ0v) is 27.6. The maximum atomic E-state index is 13.9. The summed E-state index contributed by atoms with van der Waals surface area (Å²) >= 11 is 2.76. The summed E-state index contributed by atoms with van der Waals surface area (Å²) in [6.07, 6.45) is -1.58. The van der Waals surface area contributed by atoms with Gasteiger partial charge in [0.25, 0.3) is 0 Å². The van der Waals surface area contributed by atoms with Crippen LogP contribution in [0.15, 0.2) is 39.5 Å². The molecule has 4 rings (SSSR count). The fourth-order valence-electron chi connectivity index (χ4n) is 4.72. The van der Waals surface area contributed by atoms with Crippen LogP contribution in [0.2, 0.25) is 0 Å². The zero-order valence-electron chi connectivity index (χ0n) is 25.9. The molecule has 0 bridgehead atoms. The molecule has 47 heavy (non-hydrogen) atoms. The van der Waals surface area contributed by atoms with E-state index in [0.29, 0.717) is 41.5 Å². The van der Waals surface area contributed by atoms with Crippen LogP contribution < -0.4 is 17.2 Å². The van der Waals surface area contributed by atoms with Gasteiger partial charge in [-0.1, -0.05) is 43.4 Å². The molecule has 3 aromatic rings. The first-order chi connectivity index (χ1) is 22.0. The van der Waals surface area contributed by atoms with E-state index in [1.165, 1.54) is 46.0 Å². The molecule has 17 heteroatoms. The average molecular weight is 700 g/mol. The molecule has 0 saturated carbocycles. The second kappa shape index (κ2) is 16.2. The van der Waals surface area contributed by atoms with Gasteiger partial charge in [-0.25, -0.2) is 14.2 Å². The Hall–Kier alpha value is -3.96. The first kappa shape index (κ1) is 37.5. The lowest BCUT2D eigenvalue weighted by Gasteiger charge is -2.23. The Morgan fingerprint density at radius 2 is 1.94 bits per heavy atom. The maximum absolute atomic E-state index is 13.9. The van der Waals surface area contributed by atoms with Crippen molar-refractivity contribution in [3.63, 3.8) is 0 Å². The van der Waals surface area contributed by atoms with Gasteiger partial charge in [0.1, 0.15) is 11.9 Å². The number of aromatic carboxylic acids is 1. The highest BCUT2D eigenvalue weighted by molar-refractivity contribution is 8.01. The van der Waals surface area contributed by atoms with Crippen LogP contribution in [0, 0.1) is 18.7 Å². The number of carboxylic acids is 2. The highest BCUT2D eigenvalue weighted by Gasteiger charge is 2.40. The van der Waals surface area contributed by atoms with E-state index in [-0.39, 0.29) is 41.7 Å². The molecular weight excluding hydrogens is 663 g/mol. The third-order valence-electron chi connectivity index (χ3n) is 6.95. The minimum atomic E-state index is -4.24. The highest BCUT2D eigenvalue weighted by atomic mass is 32.2. The van der Waals surface area contributed by atoms with E-state index >= 15 is 0 Å². The summed E-state index contributed by atoms with van der Waals surface area (Å²) in [5, 5.41) is 23.3. The summed E-state index contributed by atoms with van der Waals surface area (Å²) in [4.78, 5) is 30.8. The summed E-state index contributed by atoms with van der Waals surface area (Å²) in [5.74, 6) is -4.10. The van der Waals surface area contributed by atoms with Gasteiger partial charge in [-0.3, -0.25) is 9.79 Å². The molecule has 8 N–H and O–H groups in total. The highest BCUT2D eigenvalue weighted by Crippen LogP contribution is 2.44. The predicted octanol–water partition coefficient (Wildman–Crippen LogP) is 5.84. The van der Waals surface area contributed by atoms with Crippen LogP contribution in [0.25, 0.3) is 21.8 Å². The molecule has 0 fully saturated rings. The molecule has 1 aliphatic carbocycles. The Balaban J connectivity index is 0.000000426. The molecular formula is C30H37F4N7O4S2. The molecule has 256 valence electrons. The number of thiazole rings is 1. The molecule has 0 aliphatic heterocycles. The number of rotatable bonds is 11. The number of carboxylic acid groups (broad SMARTS) is 2. The van der Waals surface area contributed by atoms with Crippen molar-refractivity contribution >= 4 is 46.6 Å². The van der Waals surface area contributed by atoms with E-state index in [1.807, 2.05) is 13.8 Å². The number of nitrogens with two attached hydrogens (primary N) is 3. The Morgan fingerprint density at radius 1 is 1.23 bits per heavy atom. The van der Waals surface area contributed by atoms with Crippen LogP contribution in [0.3, 0.4) is 0 Å². The zero-order chi connectivity index (χ0) is 35.1. The summed E-state index contributed by atoms with van der Waals surface area (Å²) in [5.41, 5.74) is 17.5. The number of aromatic nitrogens is 3. The molecule has 1 aromatic carbocycles. The molecule has 11 nitrogen and oxygen atoms in total. The largest absolute Gasteiger partial charge is 0.480 e. The normalized spacial score (nSPS) is 15.4. The van der Waals surface area contributed by atoms with Crippen molar-refractivity contribution in [1.82, 2.24) is 14.8 Å². The number of alkyl halides is 3. The van der Waals surface area contributed by atoms with Crippen molar-refractivity contribution in [2.45, 2.75) is 74.6 Å². The number of thioether (sulfide) groups is 1. The molecule has 0 radical (unpaired) electrons. The Kier molecular flexibility index (Phi) is 13.0. The number of hydrogen-bond donors (Lipinski definition) is 5. The van der Waals surface area contributed by atoms with Gasteiger partial charge >= 0.3 is 18.1 Å². The number of hydrogen-bond acceptors (Lipinski definition) is 8. The van der Waals surface area contributed by atoms with E-state index in [0.717, 1.165) is 9.78 Å². The molecule has 1 aliphatic rings. The number of nitrogens with zero attached hydrogens (tertiary/aromatic N) is 4. The van der Waals surface area contributed by atoms with Gasteiger partial charge in [-0.05, 0) is 62.3 Å². The number of aliphatic carboxylic acids is 1. The summed E-state index contributed by atoms with van der Waals surface area (Å²) in [6, 6.07) is 4.81. The minimum Gasteiger partial charge on any atom is -0.480 e. The third-order valence-corrected chi connectivity index (χ3v) is 9.19. The van der Waals surface area contributed by atoms with E-state index < -0.39 is 35.9 Å². The van der Waals surface area contributed by atoms with Crippen molar-refractivity contribution < 1.29 is 37.4 Å². The van der Waals surface area contributed by atoms with Gasteiger partial charge in [0.2, 0.25) is 5.13 Å². The molecule has 2 heterocycles. The van der Waals surface area contributed by atoms with Crippen molar-refractivity contribution in [2.75, 3.05) is 6.54 Å². The van der Waals surface area contributed by atoms with Crippen molar-refractivity contribution in [2.24, 2.45) is 28.1 Å². The molecule has 0 saturated heterocycles. The molecule has 2 aromatic heterocycles. The minimum absolute atomic E-state index is 0.0129. The fourth-order valence-corrected chi connectivity index (χ4v) is 7.23. The number of aliphatic imine (C=N–C) groups is 1. The Labute approximate surface area is 277 Å². The molecule has 0 amide bonds. The molecule has 0 spiro atoms. The van der Waals surface area contributed by atoms with Crippen LogP contribution in [0.5, 0.6) is 0 Å². The van der Waals surface area contributed by atoms with Gasteiger partial charge in [0.15, 0.2) is 11.7 Å². The van der Waals surface area contributed by atoms with Crippen molar-refractivity contribution in [3.8, 4) is 16.3 Å². The standard InChI is InChI=1S/C24H23F4N3O2S2.C6H14N4O2/c1-12(2)34-22-19(14-7-9-16(10-8-14)24(26,27)28)29-23(35-22)31-20(21(32)33)18(13(3)30-31)15-5-4-6-17(25)11-15;7-4(5(11)12)2-1-3-10-6(8)9/h4-7,11-12,16H,8-10H2,1-3H3,(H,32,33);4H,1-3,7H2,(H,11,12)(H4,8,9,10). The predicted molar refractivity (Wildman–Crippen MR) is 174 cm³/mol. The maximum Gasteiger partial charge on any atom is 0.392 e. The number of carbonyl (C=O) groups is 2. The van der Waals surface area contributed by atoms with Crippen LogP contribution in [0.4, 0.5) is 17.6 Å². The SMILES string of the molecule is Cc1nn(-c2nc(C3=CCC(C(F)(F)F)CC3)c(SC(C)C)s2)c(C(=O)O)c1-c1cccc(F)c1.NC(N)=NCCCC(N)C(=O)O. The summed E-state index contributed by atoms with van der Waals surface area (Å²) in [7, 11) is 0. The third kappa shape index (κ3) is 10.3. The average Bonchev–Trinajstić information content (AvgIpc) is 3.55. The van der Waals surface area contributed by atoms with E-state index in [9.17, 15) is 32.3 Å². The van der Waals surface area contributed by atoms with Gasteiger partial charge in [-0.2, -0.15) is 23.0 Å². The first-order valence-electron chi connectivity index (χ1n) is 14.6. The lowest BCUT2D eigenvalue weighted by Crippen LogP contribution is -2.30. The van der Waals surface area contributed by atoms with E-state index in [1.54, 1.807) is 19.1 Å². The lowest BCUT2D eigenvalue weighted by molar-refractivity contribution is -0.175. The Bertz CT molecular complexity index is 1630. The van der Waals surface area contributed by atoms with Crippen LogP contribution >= 0.6 is 23.1 Å². The number of halogens is 4. The van der Waals surface area contributed by atoms with Crippen molar-refractivity contribution in [1.29, 1.82) is 0 Å². The van der Waals surface area contributed by atoms with Crippen LogP contribution in [-0.2, 0) is 4.79 Å². The van der Waals surface area contributed by atoms with Gasteiger partial charge < -0.3 is 27.4 Å². The van der Waals surface area contributed by atoms with Gasteiger partial charge in [0, 0.05) is 17.4 Å². The molecule has 2 unspecified atom stereocenters. The molecule has 2 atom stereocenters. The monoisotopic (exact) mass is 699 g/mol. The number of allylic oxidation sites excluding steroid dienone is 2. The van der Waals surface area contributed by atoms with E-state index in [4.69, 9.17) is 22.3 Å². The summed E-state index contributed by atoms with van der Waals surface area (Å²) < 4.78 is 55.3. The second-order valence-electron chi connectivity index (χ2n) is 11.0.